The molecule has 1 aromatic heterocycles. The predicted octanol–water partition coefficient (Wildman–Crippen LogP) is 2.12. The topological polar surface area (TPSA) is 63.5 Å². The van der Waals surface area contributed by atoms with Gasteiger partial charge in [-0.15, -0.1) is 0 Å². The molecule has 0 aliphatic heterocycles. The molecular formula is C18H27N5O. The van der Waals surface area contributed by atoms with E-state index in [2.05, 4.69) is 33.8 Å². The van der Waals surface area contributed by atoms with Crippen molar-refractivity contribution in [1.29, 1.82) is 0 Å². The van der Waals surface area contributed by atoms with Crippen LogP contribution in [0.5, 0.6) is 5.75 Å². The fraction of sp³-hybridized carbons (Fsp3) is 0.444. The van der Waals surface area contributed by atoms with Crippen LogP contribution in [0.25, 0.3) is 0 Å². The largest absolute Gasteiger partial charge is 0.496 e. The highest BCUT2D eigenvalue weighted by atomic mass is 16.5. The average Bonchev–Trinajstić information content (AvgIpc) is 3.02. The number of ether oxygens (including phenoxy) is 1. The first-order valence-electron chi connectivity index (χ1n) is 8.34. The van der Waals surface area contributed by atoms with E-state index in [-0.39, 0.29) is 0 Å². The van der Waals surface area contributed by atoms with Crippen LogP contribution in [0.2, 0.25) is 0 Å². The molecule has 2 aromatic rings. The summed E-state index contributed by atoms with van der Waals surface area (Å²) in [4.78, 5) is 4.64. The maximum atomic E-state index is 5.37. The van der Waals surface area contributed by atoms with Crippen LogP contribution in [0.1, 0.15) is 24.5 Å². The average molecular weight is 329 g/mol. The zero-order valence-corrected chi connectivity index (χ0v) is 14.7. The minimum absolute atomic E-state index is 0.585. The SMILES string of the molecule is CCNC(=NCc1ccccc1OC)NCCCc1cnn(C)c1. The Hall–Kier alpha value is -2.50. The normalized spacial score (nSPS) is 11.4. The second-order valence-electron chi connectivity index (χ2n) is 5.56. The van der Waals surface area contributed by atoms with E-state index in [9.17, 15) is 0 Å². The number of benzene rings is 1. The van der Waals surface area contributed by atoms with Gasteiger partial charge in [-0.3, -0.25) is 4.68 Å². The first-order valence-corrected chi connectivity index (χ1v) is 8.34. The maximum Gasteiger partial charge on any atom is 0.191 e. The number of guanidine groups is 1. The molecule has 0 radical (unpaired) electrons. The van der Waals surface area contributed by atoms with Gasteiger partial charge in [-0.2, -0.15) is 5.10 Å². The Kier molecular flexibility index (Phi) is 7.14. The van der Waals surface area contributed by atoms with Crippen LogP contribution in [0, 0.1) is 0 Å². The molecule has 1 aromatic carbocycles. The van der Waals surface area contributed by atoms with Crippen molar-refractivity contribution in [3.63, 3.8) is 0 Å². The van der Waals surface area contributed by atoms with Crippen molar-refractivity contribution >= 4 is 5.96 Å². The van der Waals surface area contributed by atoms with Crippen LogP contribution in [0.15, 0.2) is 41.7 Å². The zero-order valence-electron chi connectivity index (χ0n) is 14.7. The van der Waals surface area contributed by atoms with Crippen molar-refractivity contribution in [2.75, 3.05) is 20.2 Å². The Bertz CT molecular complexity index is 650. The molecule has 0 saturated carbocycles. The molecule has 0 spiro atoms. The summed E-state index contributed by atoms with van der Waals surface area (Å²) in [5, 5.41) is 10.8. The standard InChI is InChI=1S/C18H27N5O/c1-4-19-18(20-11-7-8-15-12-22-23(2)14-15)21-13-16-9-5-6-10-17(16)24-3/h5-6,9-10,12,14H,4,7-8,11,13H2,1-3H3,(H2,19,20,21). The summed E-state index contributed by atoms with van der Waals surface area (Å²) < 4.78 is 7.20. The Labute approximate surface area is 143 Å². The lowest BCUT2D eigenvalue weighted by Gasteiger charge is -2.12. The zero-order chi connectivity index (χ0) is 17.2. The van der Waals surface area contributed by atoms with E-state index in [0.29, 0.717) is 6.54 Å². The van der Waals surface area contributed by atoms with Crippen LogP contribution in [0.3, 0.4) is 0 Å². The number of aliphatic imine (C=N–C) groups is 1. The van der Waals surface area contributed by atoms with Crippen LogP contribution in [-0.2, 0) is 20.0 Å². The summed E-state index contributed by atoms with van der Waals surface area (Å²) >= 11 is 0. The molecule has 0 atom stereocenters. The van der Waals surface area contributed by atoms with E-state index < -0.39 is 0 Å². The number of hydrogen-bond donors (Lipinski definition) is 2. The van der Waals surface area contributed by atoms with Gasteiger partial charge in [-0.05, 0) is 31.4 Å². The number of hydrogen-bond acceptors (Lipinski definition) is 3. The number of rotatable bonds is 8. The molecule has 0 aliphatic rings. The molecule has 130 valence electrons. The second-order valence-corrected chi connectivity index (χ2v) is 5.56. The van der Waals surface area contributed by atoms with E-state index in [1.54, 1.807) is 7.11 Å². The van der Waals surface area contributed by atoms with E-state index >= 15 is 0 Å². The number of nitrogens with zero attached hydrogens (tertiary/aromatic N) is 3. The molecule has 6 nitrogen and oxygen atoms in total. The first-order chi connectivity index (χ1) is 11.7. The lowest BCUT2D eigenvalue weighted by atomic mass is 10.2. The summed E-state index contributed by atoms with van der Waals surface area (Å²) in [6, 6.07) is 7.96. The van der Waals surface area contributed by atoms with Gasteiger partial charge in [0, 0.05) is 31.9 Å². The van der Waals surface area contributed by atoms with Crippen LogP contribution < -0.4 is 15.4 Å². The monoisotopic (exact) mass is 329 g/mol. The van der Waals surface area contributed by atoms with Crippen molar-refractivity contribution in [1.82, 2.24) is 20.4 Å². The van der Waals surface area contributed by atoms with Gasteiger partial charge in [0.05, 0.1) is 19.9 Å². The van der Waals surface area contributed by atoms with E-state index in [4.69, 9.17) is 4.74 Å². The van der Waals surface area contributed by atoms with Crippen LogP contribution >= 0.6 is 0 Å². The molecule has 0 fully saturated rings. The summed E-state index contributed by atoms with van der Waals surface area (Å²) in [5.41, 5.74) is 2.34. The number of para-hydroxylation sites is 1. The molecule has 2 rings (SSSR count). The molecule has 24 heavy (non-hydrogen) atoms. The van der Waals surface area contributed by atoms with Crippen LogP contribution in [0.4, 0.5) is 0 Å². The van der Waals surface area contributed by atoms with E-state index in [0.717, 1.165) is 43.2 Å². The van der Waals surface area contributed by atoms with Gasteiger partial charge in [0.25, 0.3) is 0 Å². The van der Waals surface area contributed by atoms with Crippen molar-refractivity contribution in [2.45, 2.75) is 26.3 Å². The van der Waals surface area contributed by atoms with Gasteiger partial charge in [0.2, 0.25) is 0 Å². The minimum atomic E-state index is 0.585. The highest BCUT2D eigenvalue weighted by molar-refractivity contribution is 5.79. The van der Waals surface area contributed by atoms with Gasteiger partial charge in [-0.1, -0.05) is 18.2 Å². The minimum Gasteiger partial charge on any atom is -0.496 e. The van der Waals surface area contributed by atoms with Crippen molar-refractivity contribution in [3.8, 4) is 5.75 Å². The third-order valence-electron chi connectivity index (χ3n) is 3.64. The Balaban J connectivity index is 1.84. The van der Waals surface area contributed by atoms with Crippen molar-refractivity contribution in [3.05, 3.63) is 47.8 Å². The fourth-order valence-electron chi connectivity index (χ4n) is 2.44. The smallest absolute Gasteiger partial charge is 0.191 e. The van der Waals surface area contributed by atoms with Gasteiger partial charge >= 0.3 is 0 Å². The molecule has 6 heteroatoms. The summed E-state index contributed by atoms with van der Waals surface area (Å²) in [7, 11) is 3.62. The second kappa shape index (κ2) is 9.60. The lowest BCUT2D eigenvalue weighted by Crippen LogP contribution is -2.37. The maximum absolute atomic E-state index is 5.37. The quantitative estimate of drug-likeness (QED) is 0.442. The Morgan fingerprint density at radius 3 is 2.83 bits per heavy atom. The van der Waals surface area contributed by atoms with Gasteiger partial charge in [0.1, 0.15) is 5.75 Å². The number of nitrogens with one attached hydrogen (secondary N) is 2. The number of methoxy groups -OCH3 is 1. The van der Waals surface area contributed by atoms with Crippen molar-refractivity contribution in [2.24, 2.45) is 12.0 Å². The Morgan fingerprint density at radius 2 is 2.12 bits per heavy atom. The summed E-state index contributed by atoms with van der Waals surface area (Å²) in [6.07, 6.45) is 6.01. The van der Waals surface area contributed by atoms with E-state index in [1.807, 2.05) is 42.2 Å². The van der Waals surface area contributed by atoms with Crippen LogP contribution in [-0.4, -0.2) is 35.9 Å². The molecule has 0 aliphatic carbocycles. The molecule has 2 N–H and O–H groups in total. The molecule has 0 amide bonds. The van der Waals surface area contributed by atoms with Gasteiger partial charge in [-0.25, -0.2) is 4.99 Å². The summed E-state index contributed by atoms with van der Waals surface area (Å²) in [6.45, 7) is 4.35. The van der Waals surface area contributed by atoms with E-state index in [1.165, 1.54) is 5.56 Å². The molecule has 0 saturated heterocycles. The molecule has 1 heterocycles. The Morgan fingerprint density at radius 1 is 1.29 bits per heavy atom. The number of aryl methyl sites for hydroxylation is 2. The third-order valence-corrected chi connectivity index (χ3v) is 3.64. The van der Waals surface area contributed by atoms with Gasteiger partial charge < -0.3 is 15.4 Å². The summed E-state index contributed by atoms with van der Waals surface area (Å²) in [5.74, 6) is 1.70. The number of aromatic nitrogens is 2. The highest BCUT2D eigenvalue weighted by Crippen LogP contribution is 2.17. The fourth-order valence-corrected chi connectivity index (χ4v) is 2.44. The lowest BCUT2D eigenvalue weighted by molar-refractivity contribution is 0.410. The third kappa shape index (κ3) is 5.61. The molecule has 0 bridgehead atoms. The van der Waals surface area contributed by atoms with Gasteiger partial charge in [0.15, 0.2) is 5.96 Å². The predicted molar refractivity (Wildman–Crippen MR) is 97.3 cm³/mol. The first kappa shape index (κ1) is 17.8. The van der Waals surface area contributed by atoms with Crippen molar-refractivity contribution < 1.29 is 4.74 Å². The highest BCUT2D eigenvalue weighted by Gasteiger charge is 2.02. The molecular weight excluding hydrogens is 302 g/mol. The molecule has 0 unspecified atom stereocenters.